The van der Waals surface area contributed by atoms with Crippen LogP contribution in [0.1, 0.15) is 27.7 Å². The zero-order valence-corrected chi connectivity index (χ0v) is 14.1. The molecule has 0 bridgehead atoms. The molecule has 1 aromatic carbocycles. The maximum atomic E-state index is 11.8. The van der Waals surface area contributed by atoms with Gasteiger partial charge in [0.15, 0.2) is 0 Å². The summed E-state index contributed by atoms with van der Waals surface area (Å²) in [7, 11) is 0. The van der Waals surface area contributed by atoms with E-state index >= 15 is 0 Å². The van der Waals surface area contributed by atoms with Crippen LogP contribution < -0.4 is 10.6 Å². The van der Waals surface area contributed by atoms with E-state index in [9.17, 15) is 4.79 Å². The molecule has 0 aliphatic heterocycles. The molecular weight excluding hydrogens is 286 g/mol. The Hall–Kier alpha value is -1.10. The molecule has 1 rings (SSSR count). The third kappa shape index (κ3) is 6.46. The summed E-state index contributed by atoms with van der Waals surface area (Å²) in [5.41, 5.74) is 0.650. The van der Waals surface area contributed by atoms with E-state index < -0.39 is 0 Å². The van der Waals surface area contributed by atoms with Gasteiger partial charge in [-0.3, -0.25) is 9.69 Å². The third-order valence-electron chi connectivity index (χ3n) is 3.31. The molecule has 21 heavy (non-hydrogen) atoms. The Balaban J connectivity index is 2.29. The number of para-hydroxylation sites is 1. The molecule has 0 fully saturated rings. The molecule has 4 nitrogen and oxygen atoms in total. The molecule has 0 aliphatic rings. The van der Waals surface area contributed by atoms with Gasteiger partial charge in [0.1, 0.15) is 0 Å². The van der Waals surface area contributed by atoms with Crippen LogP contribution in [0.15, 0.2) is 24.3 Å². The van der Waals surface area contributed by atoms with E-state index in [0.29, 0.717) is 22.8 Å². The molecule has 0 radical (unpaired) electrons. The smallest absolute Gasteiger partial charge is 0.238 e. The van der Waals surface area contributed by atoms with Gasteiger partial charge in [-0.15, -0.1) is 0 Å². The first-order valence-corrected chi connectivity index (χ1v) is 7.80. The Morgan fingerprint density at radius 1 is 1.19 bits per heavy atom. The Bertz CT molecular complexity index is 441. The normalized spacial score (nSPS) is 11.4. The first-order valence-electron chi connectivity index (χ1n) is 7.42. The predicted molar refractivity (Wildman–Crippen MR) is 89.9 cm³/mol. The Morgan fingerprint density at radius 2 is 1.81 bits per heavy atom. The molecular formula is C16H26ClN3O. The monoisotopic (exact) mass is 311 g/mol. The van der Waals surface area contributed by atoms with E-state index in [2.05, 4.69) is 43.2 Å². The molecule has 0 saturated carbocycles. The molecule has 0 aliphatic carbocycles. The lowest BCUT2D eigenvalue weighted by atomic mass is 10.2. The van der Waals surface area contributed by atoms with Crippen LogP contribution in [0.4, 0.5) is 5.69 Å². The number of nitrogens with one attached hydrogen (secondary N) is 2. The molecule has 2 N–H and O–H groups in total. The number of carbonyl (C=O) groups is 1. The quantitative estimate of drug-likeness (QED) is 0.725. The molecule has 0 spiro atoms. The summed E-state index contributed by atoms with van der Waals surface area (Å²) in [6.07, 6.45) is 0. The minimum Gasteiger partial charge on any atom is -0.324 e. The fourth-order valence-corrected chi connectivity index (χ4v) is 2.46. The van der Waals surface area contributed by atoms with E-state index in [1.54, 1.807) is 12.1 Å². The Labute approximate surface area is 132 Å². The second kappa shape index (κ2) is 9.03. The highest BCUT2D eigenvalue weighted by Gasteiger charge is 2.12. The van der Waals surface area contributed by atoms with E-state index in [1.807, 2.05) is 12.1 Å². The van der Waals surface area contributed by atoms with E-state index in [1.165, 1.54) is 0 Å². The van der Waals surface area contributed by atoms with Crippen LogP contribution >= 0.6 is 11.6 Å². The van der Waals surface area contributed by atoms with Gasteiger partial charge in [0.05, 0.1) is 17.3 Å². The highest BCUT2D eigenvalue weighted by Crippen LogP contribution is 2.19. The van der Waals surface area contributed by atoms with Crippen LogP contribution in [0.2, 0.25) is 5.02 Å². The second-order valence-corrected chi connectivity index (χ2v) is 6.04. The maximum Gasteiger partial charge on any atom is 0.238 e. The Kier molecular flexibility index (Phi) is 7.72. The number of anilines is 1. The largest absolute Gasteiger partial charge is 0.324 e. The van der Waals surface area contributed by atoms with Crippen molar-refractivity contribution in [3.8, 4) is 0 Å². The highest BCUT2D eigenvalue weighted by molar-refractivity contribution is 6.33. The van der Waals surface area contributed by atoms with Crippen LogP contribution in [0, 0.1) is 0 Å². The standard InChI is InChI=1S/C16H26ClN3O/c1-12(2)20(13(3)4)10-9-18-11-16(21)19-15-8-6-5-7-14(15)17/h5-8,12-13,18H,9-11H2,1-4H3,(H,19,21). The number of halogens is 1. The van der Waals surface area contributed by atoms with Crippen molar-refractivity contribution in [1.29, 1.82) is 0 Å². The number of rotatable bonds is 8. The van der Waals surface area contributed by atoms with Gasteiger partial charge in [0.2, 0.25) is 5.91 Å². The summed E-state index contributed by atoms with van der Waals surface area (Å²) < 4.78 is 0. The topological polar surface area (TPSA) is 44.4 Å². The van der Waals surface area contributed by atoms with Gasteiger partial charge >= 0.3 is 0 Å². The summed E-state index contributed by atoms with van der Waals surface area (Å²) in [6.45, 7) is 10.7. The summed E-state index contributed by atoms with van der Waals surface area (Å²) in [5.74, 6) is -0.0799. The first-order chi connectivity index (χ1) is 9.91. The van der Waals surface area contributed by atoms with Gasteiger partial charge in [0, 0.05) is 25.2 Å². The van der Waals surface area contributed by atoms with Crippen molar-refractivity contribution in [2.45, 2.75) is 39.8 Å². The van der Waals surface area contributed by atoms with Gasteiger partial charge in [-0.2, -0.15) is 0 Å². The van der Waals surface area contributed by atoms with Crippen LogP contribution in [0.3, 0.4) is 0 Å². The van der Waals surface area contributed by atoms with Crippen LogP contribution in [0.25, 0.3) is 0 Å². The number of carbonyl (C=O) groups excluding carboxylic acids is 1. The van der Waals surface area contributed by atoms with Gasteiger partial charge in [-0.25, -0.2) is 0 Å². The van der Waals surface area contributed by atoms with Crippen LogP contribution in [-0.2, 0) is 4.79 Å². The lowest BCUT2D eigenvalue weighted by Crippen LogP contribution is -2.42. The molecule has 0 atom stereocenters. The first kappa shape index (κ1) is 18.0. The summed E-state index contributed by atoms with van der Waals surface area (Å²) in [4.78, 5) is 14.2. The molecule has 1 amide bonds. The van der Waals surface area contributed by atoms with Crippen molar-refractivity contribution < 1.29 is 4.79 Å². The number of hydrogen-bond donors (Lipinski definition) is 2. The molecule has 1 aromatic rings. The van der Waals surface area contributed by atoms with Crippen molar-refractivity contribution in [2.75, 3.05) is 25.0 Å². The molecule has 0 heterocycles. The van der Waals surface area contributed by atoms with Crippen LogP contribution in [0.5, 0.6) is 0 Å². The molecule has 0 unspecified atom stereocenters. The van der Waals surface area contributed by atoms with Crippen molar-refractivity contribution in [3.63, 3.8) is 0 Å². The van der Waals surface area contributed by atoms with Gasteiger partial charge in [0.25, 0.3) is 0 Å². The Morgan fingerprint density at radius 3 is 2.38 bits per heavy atom. The average molecular weight is 312 g/mol. The molecule has 0 saturated heterocycles. The molecule has 0 aromatic heterocycles. The minimum atomic E-state index is -0.0799. The fourth-order valence-electron chi connectivity index (χ4n) is 2.28. The lowest BCUT2D eigenvalue weighted by Gasteiger charge is -2.30. The number of amides is 1. The summed E-state index contributed by atoms with van der Waals surface area (Å²) in [5, 5.41) is 6.52. The average Bonchev–Trinajstić information content (AvgIpc) is 2.40. The fraction of sp³-hybridized carbons (Fsp3) is 0.562. The summed E-state index contributed by atoms with van der Waals surface area (Å²) in [6, 6.07) is 8.24. The zero-order chi connectivity index (χ0) is 15.8. The van der Waals surface area contributed by atoms with E-state index in [0.717, 1.165) is 13.1 Å². The van der Waals surface area contributed by atoms with Crippen molar-refractivity contribution in [2.24, 2.45) is 0 Å². The van der Waals surface area contributed by atoms with Crippen LogP contribution in [-0.4, -0.2) is 42.5 Å². The predicted octanol–water partition coefficient (Wildman–Crippen LogP) is 2.99. The second-order valence-electron chi connectivity index (χ2n) is 5.63. The van der Waals surface area contributed by atoms with E-state index in [4.69, 9.17) is 11.6 Å². The highest BCUT2D eigenvalue weighted by atomic mass is 35.5. The minimum absolute atomic E-state index is 0.0799. The molecule has 5 heteroatoms. The number of benzene rings is 1. The SMILES string of the molecule is CC(C)N(CCNCC(=O)Nc1ccccc1Cl)C(C)C. The third-order valence-corrected chi connectivity index (χ3v) is 3.64. The summed E-state index contributed by atoms with van der Waals surface area (Å²) >= 11 is 6.00. The number of nitrogens with zero attached hydrogens (tertiary/aromatic N) is 1. The van der Waals surface area contributed by atoms with E-state index in [-0.39, 0.29) is 12.5 Å². The zero-order valence-electron chi connectivity index (χ0n) is 13.3. The van der Waals surface area contributed by atoms with Crippen molar-refractivity contribution in [3.05, 3.63) is 29.3 Å². The maximum absolute atomic E-state index is 11.8. The van der Waals surface area contributed by atoms with Crippen molar-refractivity contribution in [1.82, 2.24) is 10.2 Å². The van der Waals surface area contributed by atoms with Gasteiger partial charge < -0.3 is 10.6 Å². The number of hydrogen-bond acceptors (Lipinski definition) is 3. The van der Waals surface area contributed by atoms with Gasteiger partial charge in [-0.05, 0) is 39.8 Å². The lowest BCUT2D eigenvalue weighted by molar-refractivity contribution is -0.115. The molecule has 118 valence electrons. The van der Waals surface area contributed by atoms with Gasteiger partial charge in [-0.1, -0.05) is 23.7 Å². The van der Waals surface area contributed by atoms with Crippen molar-refractivity contribution >= 4 is 23.2 Å².